The van der Waals surface area contributed by atoms with Crippen LogP contribution in [0.2, 0.25) is 5.02 Å². The second-order valence-corrected chi connectivity index (χ2v) is 6.99. The summed E-state index contributed by atoms with van der Waals surface area (Å²) in [6, 6.07) is 7.67. The molecule has 1 N–H and O–H groups in total. The normalized spacial score (nSPS) is 16.9. The van der Waals surface area contributed by atoms with Crippen LogP contribution >= 0.6 is 11.6 Å². The van der Waals surface area contributed by atoms with Crippen molar-refractivity contribution in [3.8, 4) is 5.75 Å². The number of ether oxygens (including phenoxy) is 1. The van der Waals surface area contributed by atoms with Crippen LogP contribution in [-0.2, 0) is 11.3 Å². The average Bonchev–Trinajstić information content (AvgIpc) is 3.17. The van der Waals surface area contributed by atoms with Gasteiger partial charge in [-0.15, -0.1) is 0 Å². The van der Waals surface area contributed by atoms with Crippen molar-refractivity contribution in [2.24, 2.45) is 0 Å². The largest absolute Gasteiger partial charge is 0.468 e. The molecule has 0 aliphatic carbocycles. The SMILES string of the molecule is C[C@@H](C(=O)Nc1ccc(OC(F)F)c(Cl)c1)N1CCN(Cc2ccco2)CC1. The lowest BCUT2D eigenvalue weighted by Crippen LogP contribution is -2.52. The molecule has 0 spiro atoms. The van der Waals surface area contributed by atoms with Gasteiger partial charge in [-0.25, -0.2) is 0 Å². The Hall–Kier alpha value is -2.16. The molecule has 1 fully saturated rings. The van der Waals surface area contributed by atoms with E-state index in [9.17, 15) is 13.6 Å². The highest BCUT2D eigenvalue weighted by Gasteiger charge is 2.26. The van der Waals surface area contributed by atoms with Gasteiger partial charge in [0.1, 0.15) is 11.5 Å². The molecule has 0 bridgehead atoms. The molecule has 0 radical (unpaired) electrons. The minimum atomic E-state index is -2.95. The molecule has 1 aliphatic heterocycles. The third-order valence-electron chi connectivity index (χ3n) is 4.71. The van der Waals surface area contributed by atoms with Gasteiger partial charge in [0.2, 0.25) is 5.91 Å². The average molecular weight is 414 g/mol. The van der Waals surface area contributed by atoms with Crippen LogP contribution in [0.1, 0.15) is 12.7 Å². The van der Waals surface area contributed by atoms with Crippen LogP contribution in [0.3, 0.4) is 0 Å². The summed E-state index contributed by atoms with van der Waals surface area (Å²) in [5.74, 6) is 0.615. The van der Waals surface area contributed by atoms with Gasteiger partial charge in [0.15, 0.2) is 0 Å². The predicted octanol–water partition coefficient (Wildman–Crippen LogP) is 3.68. The Morgan fingerprint density at radius 2 is 2.04 bits per heavy atom. The molecule has 1 amide bonds. The van der Waals surface area contributed by atoms with Crippen molar-refractivity contribution in [2.75, 3.05) is 31.5 Å². The fourth-order valence-corrected chi connectivity index (χ4v) is 3.34. The zero-order valence-corrected chi connectivity index (χ0v) is 16.2. The highest BCUT2D eigenvalue weighted by atomic mass is 35.5. The summed E-state index contributed by atoms with van der Waals surface area (Å²) in [6.07, 6.45) is 1.66. The first-order valence-electron chi connectivity index (χ1n) is 8.96. The lowest BCUT2D eigenvalue weighted by Gasteiger charge is -2.37. The van der Waals surface area contributed by atoms with E-state index in [1.807, 2.05) is 19.1 Å². The maximum absolute atomic E-state index is 12.5. The van der Waals surface area contributed by atoms with E-state index in [0.29, 0.717) is 5.69 Å². The number of carbonyl (C=O) groups excluding carboxylic acids is 1. The van der Waals surface area contributed by atoms with E-state index >= 15 is 0 Å². The van der Waals surface area contributed by atoms with Gasteiger partial charge in [-0.2, -0.15) is 8.78 Å². The minimum absolute atomic E-state index is 0.0114. The van der Waals surface area contributed by atoms with Crippen LogP contribution in [-0.4, -0.2) is 54.5 Å². The predicted molar refractivity (Wildman–Crippen MR) is 102 cm³/mol. The third-order valence-corrected chi connectivity index (χ3v) is 5.00. The number of hydrogen-bond donors (Lipinski definition) is 1. The van der Waals surface area contributed by atoms with Gasteiger partial charge < -0.3 is 14.5 Å². The zero-order valence-electron chi connectivity index (χ0n) is 15.4. The van der Waals surface area contributed by atoms with Crippen LogP contribution in [0.25, 0.3) is 0 Å². The highest BCUT2D eigenvalue weighted by Crippen LogP contribution is 2.29. The first kappa shape index (κ1) is 20.6. The quantitative estimate of drug-likeness (QED) is 0.750. The number of halogens is 3. The summed E-state index contributed by atoms with van der Waals surface area (Å²) >= 11 is 5.93. The number of hydrogen-bond acceptors (Lipinski definition) is 5. The number of furan rings is 1. The Balaban J connectivity index is 1.50. The molecule has 152 valence electrons. The molecule has 3 rings (SSSR count). The number of anilines is 1. The fraction of sp³-hybridized carbons (Fsp3) is 0.421. The second-order valence-electron chi connectivity index (χ2n) is 6.58. The molecule has 2 aromatic rings. The number of nitrogens with zero attached hydrogens (tertiary/aromatic N) is 2. The summed E-state index contributed by atoms with van der Waals surface area (Å²) in [7, 11) is 0. The maximum Gasteiger partial charge on any atom is 0.387 e. The Morgan fingerprint density at radius 3 is 2.64 bits per heavy atom. The molecule has 2 heterocycles. The van der Waals surface area contributed by atoms with E-state index < -0.39 is 6.61 Å². The molecule has 9 heteroatoms. The van der Waals surface area contributed by atoms with Gasteiger partial charge in [0, 0.05) is 31.9 Å². The molecule has 1 aliphatic rings. The summed E-state index contributed by atoms with van der Waals surface area (Å²) in [5, 5.41) is 2.78. The number of piperazine rings is 1. The van der Waals surface area contributed by atoms with Crippen molar-refractivity contribution in [3.63, 3.8) is 0 Å². The summed E-state index contributed by atoms with van der Waals surface area (Å²) in [5.41, 5.74) is 0.430. The van der Waals surface area contributed by atoms with Crippen molar-refractivity contribution in [1.82, 2.24) is 9.80 Å². The molecule has 1 atom stereocenters. The van der Waals surface area contributed by atoms with Gasteiger partial charge in [-0.1, -0.05) is 11.6 Å². The van der Waals surface area contributed by atoms with E-state index in [2.05, 4.69) is 19.9 Å². The third kappa shape index (κ3) is 5.43. The summed E-state index contributed by atoms with van der Waals surface area (Å²) in [6.45, 7) is 2.84. The topological polar surface area (TPSA) is 58.0 Å². The smallest absolute Gasteiger partial charge is 0.387 e. The van der Waals surface area contributed by atoms with E-state index in [1.54, 1.807) is 6.26 Å². The van der Waals surface area contributed by atoms with E-state index in [1.165, 1.54) is 18.2 Å². The standard InChI is InChI=1S/C19H22ClF2N3O3/c1-13(25-8-6-24(7-9-25)12-15-3-2-10-27-15)18(26)23-14-4-5-17(16(20)11-14)28-19(21)22/h2-5,10-11,13,19H,6-9,12H2,1H3,(H,23,26)/t13-/m0/s1. The molecule has 0 unspecified atom stereocenters. The Morgan fingerprint density at radius 1 is 1.29 bits per heavy atom. The van der Waals surface area contributed by atoms with Gasteiger partial charge in [-0.3, -0.25) is 14.6 Å². The Bertz CT molecular complexity index is 781. The number of benzene rings is 1. The van der Waals surface area contributed by atoms with Crippen LogP contribution in [0.15, 0.2) is 41.0 Å². The molecular weight excluding hydrogens is 392 g/mol. The summed E-state index contributed by atoms with van der Waals surface area (Å²) < 4.78 is 34.3. The van der Waals surface area contributed by atoms with Crippen molar-refractivity contribution in [2.45, 2.75) is 26.1 Å². The number of carbonyl (C=O) groups is 1. The number of nitrogens with one attached hydrogen (secondary N) is 1. The fourth-order valence-electron chi connectivity index (χ4n) is 3.11. The minimum Gasteiger partial charge on any atom is -0.468 e. The Kier molecular flexibility index (Phi) is 6.88. The second kappa shape index (κ2) is 9.36. The van der Waals surface area contributed by atoms with Gasteiger partial charge in [-0.05, 0) is 37.3 Å². The number of alkyl halides is 2. The molecule has 1 aromatic carbocycles. The first-order chi connectivity index (χ1) is 13.4. The van der Waals surface area contributed by atoms with E-state index in [4.69, 9.17) is 16.0 Å². The molecule has 1 aromatic heterocycles. The monoisotopic (exact) mass is 413 g/mol. The van der Waals surface area contributed by atoms with Gasteiger partial charge >= 0.3 is 6.61 Å². The summed E-state index contributed by atoms with van der Waals surface area (Å²) in [4.78, 5) is 16.9. The van der Waals surface area contributed by atoms with Crippen LogP contribution in [0, 0.1) is 0 Å². The lowest BCUT2D eigenvalue weighted by molar-refractivity contribution is -0.121. The van der Waals surface area contributed by atoms with E-state index in [-0.39, 0.29) is 22.7 Å². The zero-order chi connectivity index (χ0) is 20.1. The highest BCUT2D eigenvalue weighted by molar-refractivity contribution is 6.32. The molecule has 1 saturated heterocycles. The first-order valence-corrected chi connectivity index (χ1v) is 9.34. The van der Waals surface area contributed by atoms with Gasteiger partial charge in [0.05, 0.1) is 23.9 Å². The van der Waals surface area contributed by atoms with Crippen molar-refractivity contribution in [1.29, 1.82) is 0 Å². The van der Waals surface area contributed by atoms with Crippen molar-refractivity contribution < 1.29 is 22.7 Å². The number of amides is 1. The molecule has 0 saturated carbocycles. The molecule has 6 nitrogen and oxygen atoms in total. The Labute approximate surface area is 167 Å². The van der Waals surface area contributed by atoms with Crippen LogP contribution in [0.4, 0.5) is 14.5 Å². The van der Waals surface area contributed by atoms with Crippen LogP contribution < -0.4 is 10.1 Å². The molecule has 28 heavy (non-hydrogen) atoms. The van der Waals surface area contributed by atoms with Crippen LogP contribution in [0.5, 0.6) is 5.75 Å². The van der Waals surface area contributed by atoms with Gasteiger partial charge in [0.25, 0.3) is 0 Å². The lowest BCUT2D eigenvalue weighted by atomic mass is 10.2. The molecular formula is C19H22ClF2N3O3. The maximum atomic E-state index is 12.5. The van der Waals surface area contributed by atoms with Crippen molar-refractivity contribution in [3.05, 3.63) is 47.4 Å². The van der Waals surface area contributed by atoms with Crippen molar-refractivity contribution >= 4 is 23.2 Å². The van der Waals surface area contributed by atoms with E-state index in [0.717, 1.165) is 38.5 Å². The number of rotatable bonds is 7.